The molecule has 3 N–H and O–H groups in total. The zero-order valence-corrected chi connectivity index (χ0v) is 16.7. The molecule has 0 unspecified atom stereocenters. The molecule has 2 aromatic carbocycles. The molecule has 0 atom stereocenters. The van der Waals surface area contributed by atoms with Gasteiger partial charge in [-0.15, -0.1) is 0 Å². The minimum Gasteiger partial charge on any atom is -0.489 e. The first kappa shape index (κ1) is 21.0. The van der Waals surface area contributed by atoms with Crippen molar-refractivity contribution >= 4 is 17.9 Å². The maximum absolute atomic E-state index is 10.3. The van der Waals surface area contributed by atoms with Crippen LogP contribution in [0.25, 0.3) is 0 Å². The van der Waals surface area contributed by atoms with Gasteiger partial charge in [-0.1, -0.05) is 55.8 Å². The number of carbonyl (C=O) groups is 1. The molecular weight excluding hydrogens is 354 g/mol. The van der Waals surface area contributed by atoms with Crippen molar-refractivity contribution in [3.63, 3.8) is 0 Å². The number of nitrogen functional groups attached to an aromatic ring is 1. The highest BCUT2D eigenvalue weighted by Gasteiger charge is 2.18. The quantitative estimate of drug-likeness (QED) is 0.625. The van der Waals surface area contributed by atoms with E-state index >= 15 is 0 Å². The highest BCUT2D eigenvalue weighted by atomic mass is 16.5. The minimum atomic E-state index is 0.00458. The molecule has 1 aromatic heterocycles. The third kappa shape index (κ3) is 6.79. The van der Waals surface area contributed by atoms with Gasteiger partial charge >= 0.3 is 0 Å². The Kier molecular flexibility index (Phi) is 7.21. The van der Waals surface area contributed by atoms with Gasteiger partial charge in [0.1, 0.15) is 18.1 Å². The van der Waals surface area contributed by atoms with E-state index in [9.17, 15) is 4.79 Å². The number of anilines is 2. The van der Waals surface area contributed by atoms with Crippen LogP contribution >= 0.6 is 0 Å². The zero-order chi connectivity index (χ0) is 20.6. The summed E-state index contributed by atoms with van der Waals surface area (Å²) in [5.74, 6) is 2.06. The smallest absolute Gasteiger partial charge is 0.211 e. The Morgan fingerprint density at radius 1 is 1.14 bits per heavy atom. The summed E-state index contributed by atoms with van der Waals surface area (Å²) >= 11 is 0. The number of amides is 1. The van der Waals surface area contributed by atoms with Crippen LogP contribution in [-0.4, -0.2) is 11.6 Å². The topological polar surface area (TPSA) is 90.4 Å². The van der Waals surface area contributed by atoms with Gasteiger partial charge in [0.2, 0.25) is 6.41 Å². The Labute approximate surface area is 165 Å². The van der Waals surface area contributed by atoms with E-state index in [4.69, 9.17) is 15.0 Å². The number of benzene rings is 2. The molecule has 0 spiro atoms. The highest BCUT2D eigenvalue weighted by molar-refractivity contribution is 5.71. The normalized spacial score (nSPS) is 10.6. The Hall–Kier alpha value is -3.28. The van der Waals surface area contributed by atoms with E-state index in [1.54, 1.807) is 18.2 Å². The van der Waals surface area contributed by atoms with Crippen molar-refractivity contribution in [2.75, 3.05) is 11.1 Å². The molecule has 6 nitrogen and oxygen atoms in total. The number of ether oxygens (including phenoxy) is 1. The van der Waals surface area contributed by atoms with Crippen LogP contribution in [0.2, 0.25) is 0 Å². The second-order valence-corrected chi connectivity index (χ2v) is 7.43. The van der Waals surface area contributed by atoms with E-state index in [2.05, 4.69) is 29.5 Å². The number of rotatable bonds is 5. The highest BCUT2D eigenvalue weighted by Crippen LogP contribution is 2.23. The van der Waals surface area contributed by atoms with Crippen LogP contribution in [0.3, 0.4) is 0 Å². The average Bonchev–Trinajstić information content (AvgIpc) is 3.09. The maximum atomic E-state index is 10.3. The SMILES string of the molecule is CC(C)(C)c1cc(N)no1.Cc1cccc(COc2ccc(NC=O)cc2)c1. The van der Waals surface area contributed by atoms with Gasteiger partial charge in [-0.25, -0.2) is 0 Å². The molecule has 6 heteroatoms. The molecule has 28 heavy (non-hydrogen) atoms. The fourth-order valence-corrected chi connectivity index (χ4v) is 2.33. The number of nitrogens with zero attached hydrogens (tertiary/aromatic N) is 1. The molecule has 0 aliphatic carbocycles. The lowest BCUT2D eigenvalue weighted by Crippen LogP contribution is -2.09. The van der Waals surface area contributed by atoms with Crippen LogP contribution in [0.5, 0.6) is 5.75 Å². The van der Waals surface area contributed by atoms with Crippen molar-refractivity contribution in [1.29, 1.82) is 0 Å². The Morgan fingerprint density at radius 2 is 1.86 bits per heavy atom. The molecule has 0 fully saturated rings. The molecule has 0 bridgehead atoms. The summed E-state index contributed by atoms with van der Waals surface area (Å²) in [6.45, 7) is 8.75. The first-order chi connectivity index (χ1) is 13.3. The predicted octanol–water partition coefficient (Wildman–Crippen LogP) is 4.70. The van der Waals surface area contributed by atoms with Gasteiger partial charge in [0.05, 0.1) is 0 Å². The number of aryl methyl sites for hydroxylation is 1. The summed E-state index contributed by atoms with van der Waals surface area (Å²) in [5, 5.41) is 6.17. The maximum Gasteiger partial charge on any atom is 0.211 e. The molecule has 3 aromatic rings. The summed E-state index contributed by atoms with van der Waals surface area (Å²) in [6.07, 6.45) is 0.655. The van der Waals surface area contributed by atoms with E-state index in [0.717, 1.165) is 22.8 Å². The van der Waals surface area contributed by atoms with Crippen molar-refractivity contribution in [1.82, 2.24) is 5.16 Å². The van der Waals surface area contributed by atoms with Crippen LogP contribution in [0.1, 0.15) is 37.7 Å². The lowest BCUT2D eigenvalue weighted by Gasteiger charge is -2.11. The van der Waals surface area contributed by atoms with Crippen molar-refractivity contribution in [2.45, 2.75) is 39.7 Å². The van der Waals surface area contributed by atoms with Crippen molar-refractivity contribution in [3.8, 4) is 5.75 Å². The largest absolute Gasteiger partial charge is 0.489 e. The fourth-order valence-electron chi connectivity index (χ4n) is 2.33. The van der Waals surface area contributed by atoms with Gasteiger partial charge in [0.15, 0.2) is 5.82 Å². The van der Waals surface area contributed by atoms with Crippen molar-refractivity contribution in [3.05, 3.63) is 71.5 Å². The minimum absolute atomic E-state index is 0.00458. The lowest BCUT2D eigenvalue weighted by atomic mass is 9.93. The number of hydrogen-bond acceptors (Lipinski definition) is 5. The predicted molar refractivity (Wildman–Crippen MR) is 111 cm³/mol. The van der Waals surface area contributed by atoms with Crippen molar-refractivity contribution < 1.29 is 14.1 Å². The second-order valence-electron chi connectivity index (χ2n) is 7.43. The van der Waals surface area contributed by atoms with E-state index in [1.807, 2.05) is 45.0 Å². The summed E-state index contributed by atoms with van der Waals surface area (Å²) in [5.41, 5.74) is 8.50. The van der Waals surface area contributed by atoms with Gasteiger partial charge in [-0.2, -0.15) is 0 Å². The third-order valence-corrected chi connectivity index (χ3v) is 3.84. The first-order valence-corrected chi connectivity index (χ1v) is 8.99. The van der Waals surface area contributed by atoms with Crippen LogP contribution in [0, 0.1) is 6.92 Å². The summed E-state index contributed by atoms with van der Waals surface area (Å²) in [4.78, 5) is 10.3. The van der Waals surface area contributed by atoms with Crippen LogP contribution in [0.15, 0.2) is 59.1 Å². The number of nitrogens with one attached hydrogen (secondary N) is 1. The summed E-state index contributed by atoms with van der Waals surface area (Å²) in [7, 11) is 0. The van der Waals surface area contributed by atoms with Crippen LogP contribution < -0.4 is 15.8 Å². The van der Waals surface area contributed by atoms with Gasteiger partial charge in [0.25, 0.3) is 0 Å². The number of hydrogen-bond donors (Lipinski definition) is 2. The summed E-state index contributed by atoms with van der Waals surface area (Å²) < 4.78 is 10.6. The van der Waals surface area contributed by atoms with Gasteiger partial charge in [-0.3, -0.25) is 4.79 Å². The number of aromatic nitrogens is 1. The summed E-state index contributed by atoms with van der Waals surface area (Å²) in [6, 6.07) is 17.2. The van der Waals surface area contributed by atoms with E-state index in [-0.39, 0.29) is 5.41 Å². The third-order valence-electron chi connectivity index (χ3n) is 3.84. The molecule has 0 aliphatic heterocycles. The monoisotopic (exact) mass is 381 g/mol. The van der Waals surface area contributed by atoms with Gasteiger partial charge in [-0.05, 0) is 36.8 Å². The van der Waals surface area contributed by atoms with E-state index in [1.165, 1.54) is 5.56 Å². The molecule has 3 rings (SSSR count). The second kappa shape index (κ2) is 9.60. The van der Waals surface area contributed by atoms with Gasteiger partial charge in [0, 0.05) is 17.2 Å². The van der Waals surface area contributed by atoms with Crippen molar-refractivity contribution in [2.24, 2.45) is 0 Å². The molecule has 0 saturated carbocycles. The fraction of sp³-hybridized carbons (Fsp3) is 0.273. The number of nitrogens with two attached hydrogens (primary N) is 1. The molecule has 1 amide bonds. The Morgan fingerprint density at radius 3 is 2.36 bits per heavy atom. The molecule has 0 aliphatic rings. The van der Waals surface area contributed by atoms with Crippen LogP contribution in [-0.2, 0) is 16.8 Å². The van der Waals surface area contributed by atoms with Gasteiger partial charge < -0.3 is 20.3 Å². The zero-order valence-electron chi connectivity index (χ0n) is 16.7. The van der Waals surface area contributed by atoms with Crippen LogP contribution in [0.4, 0.5) is 11.5 Å². The lowest BCUT2D eigenvalue weighted by molar-refractivity contribution is -0.105. The molecular formula is C22H27N3O3. The first-order valence-electron chi connectivity index (χ1n) is 8.99. The van der Waals surface area contributed by atoms with E-state index in [0.29, 0.717) is 18.8 Å². The number of carbonyl (C=O) groups excluding carboxylic acids is 1. The molecule has 0 saturated heterocycles. The molecule has 0 radical (unpaired) electrons. The Bertz CT molecular complexity index is 881. The Balaban J connectivity index is 0.000000237. The average molecular weight is 381 g/mol. The molecule has 1 heterocycles. The van der Waals surface area contributed by atoms with E-state index < -0.39 is 0 Å². The molecule has 148 valence electrons. The standard InChI is InChI=1S/C15H15NO2.C7H12N2O/c1-12-3-2-4-13(9-12)10-18-15-7-5-14(6-8-15)16-11-17;1-7(2,3)5-4-6(8)9-10-5/h2-9,11H,10H2,1H3,(H,16,17);4H,1-3H3,(H2,8,9).